The molecule has 0 aliphatic carbocycles. The molecule has 0 unspecified atom stereocenters. The molecule has 0 atom stereocenters. The minimum atomic E-state index is -0.293. The molecule has 0 fully saturated rings. The number of hydrogen-bond donors (Lipinski definition) is 3. The molecule has 4 N–H and O–H groups in total. The highest BCUT2D eigenvalue weighted by atomic mass is 16.1. The van der Waals surface area contributed by atoms with Crippen molar-refractivity contribution in [2.45, 2.75) is 6.92 Å². The lowest BCUT2D eigenvalue weighted by molar-refractivity contribution is 0.102. The molecule has 0 aliphatic heterocycles. The molecular formula is C11H14N6O. The first-order valence-corrected chi connectivity index (χ1v) is 5.34. The largest absolute Gasteiger partial charge is 0.323 e. The SMILES string of the molecule is Cc1ccc(C(=O)Nc2ncnn2C)c(NN)c1. The first kappa shape index (κ1) is 12.1. The lowest BCUT2D eigenvalue weighted by Gasteiger charge is -2.09. The zero-order valence-corrected chi connectivity index (χ0v) is 10.1. The summed E-state index contributed by atoms with van der Waals surface area (Å²) in [5.41, 5.74) is 4.53. The molecule has 0 spiro atoms. The Morgan fingerprint density at radius 3 is 2.83 bits per heavy atom. The molecule has 1 aromatic carbocycles. The quantitative estimate of drug-likeness (QED) is 0.546. The van der Waals surface area contributed by atoms with Crippen molar-refractivity contribution in [2.24, 2.45) is 12.9 Å². The lowest BCUT2D eigenvalue weighted by Crippen LogP contribution is -2.19. The fourth-order valence-electron chi connectivity index (χ4n) is 1.55. The van der Waals surface area contributed by atoms with Gasteiger partial charge in [-0.25, -0.2) is 4.68 Å². The number of nitrogens with one attached hydrogen (secondary N) is 2. The Morgan fingerprint density at radius 1 is 1.44 bits per heavy atom. The van der Waals surface area contributed by atoms with E-state index in [9.17, 15) is 4.79 Å². The highest BCUT2D eigenvalue weighted by molar-refractivity contribution is 6.07. The second-order valence-corrected chi connectivity index (χ2v) is 3.85. The van der Waals surface area contributed by atoms with E-state index in [-0.39, 0.29) is 5.91 Å². The number of nitrogen functional groups attached to an aromatic ring is 1. The van der Waals surface area contributed by atoms with E-state index >= 15 is 0 Å². The first-order valence-electron chi connectivity index (χ1n) is 5.34. The molecule has 2 rings (SSSR count). The molecular weight excluding hydrogens is 232 g/mol. The third-order valence-corrected chi connectivity index (χ3v) is 2.51. The Balaban J connectivity index is 2.26. The predicted molar refractivity (Wildman–Crippen MR) is 67.9 cm³/mol. The maximum Gasteiger partial charge on any atom is 0.260 e. The maximum absolute atomic E-state index is 12.1. The minimum absolute atomic E-state index is 0.293. The van der Waals surface area contributed by atoms with Crippen molar-refractivity contribution in [2.75, 3.05) is 10.7 Å². The molecule has 0 saturated carbocycles. The van der Waals surface area contributed by atoms with E-state index in [0.717, 1.165) is 5.56 Å². The van der Waals surface area contributed by atoms with E-state index in [1.807, 2.05) is 13.0 Å². The second-order valence-electron chi connectivity index (χ2n) is 3.85. The highest BCUT2D eigenvalue weighted by Crippen LogP contribution is 2.17. The Kier molecular flexibility index (Phi) is 3.24. The number of nitrogens with two attached hydrogens (primary N) is 1. The van der Waals surface area contributed by atoms with Gasteiger partial charge in [-0.3, -0.25) is 16.0 Å². The molecule has 1 aromatic heterocycles. The normalized spacial score (nSPS) is 10.2. The zero-order valence-electron chi connectivity index (χ0n) is 10.1. The van der Waals surface area contributed by atoms with Gasteiger partial charge in [0.15, 0.2) is 0 Å². The van der Waals surface area contributed by atoms with Crippen LogP contribution in [-0.2, 0) is 7.05 Å². The van der Waals surface area contributed by atoms with Crippen molar-refractivity contribution in [3.8, 4) is 0 Å². The summed E-state index contributed by atoms with van der Waals surface area (Å²) in [6, 6.07) is 5.34. The third kappa shape index (κ3) is 2.30. The van der Waals surface area contributed by atoms with Gasteiger partial charge in [-0.15, -0.1) is 0 Å². The number of amides is 1. The number of nitrogens with zero attached hydrogens (tertiary/aromatic N) is 3. The number of carbonyl (C=O) groups excluding carboxylic acids is 1. The topological polar surface area (TPSA) is 97.9 Å². The number of hydrogen-bond acceptors (Lipinski definition) is 5. The molecule has 2 aromatic rings. The lowest BCUT2D eigenvalue weighted by atomic mass is 10.1. The van der Waals surface area contributed by atoms with Crippen molar-refractivity contribution in [1.82, 2.24) is 14.8 Å². The fraction of sp³-hybridized carbons (Fsp3) is 0.182. The predicted octanol–water partition coefficient (Wildman–Crippen LogP) is 0.661. The van der Waals surface area contributed by atoms with Crippen LogP contribution in [0.1, 0.15) is 15.9 Å². The standard InChI is InChI=1S/C11H14N6O/c1-7-3-4-8(9(5-7)16-12)10(18)15-11-13-6-14-17(11)2/h3-6,16H,12H2,1-2H3,(H,13,14,15,18). The molecule has 1 heterocycles. The van der Waals surface area contributed by atoms with E-state index in [1.54, 1.807) is 19.2 Å². The summed E-state index contributed by atoms with van der Waals surface area (Å²) < 4.78 is 1.47. The van der Waals surface area contributed by atoms with Gasteiger partial charge < -0.3 is 5.43 Å². The van der Waals surface area contributed by atoms with Crippen molar-refractivity contribution in [3.05, 3.63) is 35.7 Å². The molecule has 7 nitrogen and oxygen atoms in total. The van der Waals surface area contributed by atoms with Crippen LogP contribution in [0.5, 0.6) is 0 Å². The average molecular weight is 246 g/mol. The van der Waals surface area contributed by atoms with Gasteiger partial charge in [-0.1, -0.05) is 6.07 Å². The summed E-state index contributed by atoms with van der Waals surface area (Å²) >= 11 is 0. The van der Waals surface area contributed by atoms with Gasteiger partial charge in [-0.05, 0) is 24.6 Å². The summed E-state index contributed by atoms with van der Waals surface area (Å²) in [5.74, 6) is 5.48. The average Bonchev–Trinajstić information content (AvgIpc) is 2.74. The number of rotatable bonds is 3. The van der Waals surface area contributed by atoms with Gasteiger partial charge in [-0.2, -0.15) is 10.1 Å². The van der Waals surface area contributed by atoms with Crippen molar-refractivity contribution in [1.29, 1.82) is 0 Å². The number of aryl methyl sites for hydroxylation is 2. The molecule has 7 heteroatoms. The summed E-state index contributed by atoms with van der Waals surface area (Å²) in [7, 11) is 1.69. The molecule has 0 aliphatic rings. The molecule has 0 saturated heterocycles. The fourth-order valence-corrected chi connectivity index (χ4v) is 1.55. The number of anilines is 2. The molecule has 18 heavy (non-hydrogen) atoms. The summed E-state index contributed by atoms with van der Waals surface area (Å²) in [6.07, 6.45) is 1.37. The number of hydrazine groups is 1. The van der Waals surface area contributed by atoms with Gasteiger partial charge in [0, 0.05) is 7.05 Å². The zero-order chi connectivity index (χ0) is 13.1. The summed E-state index contributed by atoms with van der Waals surface area (Å²) in [6.45, 7) is 1.92. The van der Waals surface area contributed by atoms with Gasteiger partial charge in [0.1, 0.15) is 6.33 Å². The molecule has 0 bridgehead atoms. The van der Waals surface area contributed by atoms with Crippen molar-refractivity contribution < 1.29 is 4.79 Å². The van der Waals surface area contributed by atoms with Crippen LogP contribution in [0.2, 0.25) is 0 Å². The van der Waals surface area contributed by atoms with Gasteiger partial charge in [0.05, 0.1) is 11.3 Å². The van der Waals surface area contributed by atoms with Crippen LogP contribution >= 0.6 is 0 Å². The van der Waals surface area contributed by atoms with Crippen molar-refractivity contribution >= 4 is 17.5 Å². The van der Waals surface area contributed by atoms with Crippen LogP contribution in [-0.4, -0.2) is 20.7 Å². The monoisotopic (exact) mass is 246 g/mol. The first-order chi connectivity index (χ1) is 8.61. The van der Waals surface area contributed by atoms with E-state index in [1.165, 1.54) is 11.0 Å². The van der Waals surface area contributed by atoms with E-state index in [0.29, 0.717) is 17.2 Å². The van der Waals surface area contributed by atoms with Crippen molar-refractivity contribution in [3.63, 3.8) is 0 Å². The number of benzene rings is 1. The van der Waals surface area contributed by atoms with Gasteiger partial charge in [0.2, 0.25) is 5.95 Å². The van der Waals surface area contributed by atoms with E-state index in [2.05, 4.69) is 20.8 Å². The number of aromatic nitrogens is 3. The van der Waals surface area contributed by atoms with Crippen LogP contribution in [0.4, 0.5) is 11.6 Å². The Bertz CT molecular complexity index is 577. The smallest absolute Gasteiger partial charge is 0.260 e. The molecule has 0 radical (unpaired) electrons. The third-order valence-electron chi connectivity index (χ3n) is 2.51. The van der Waals surface area contributed by atoms with Crippen LogP contribution < -0.4 is 16.6 Å². The van der Waals surface area contributed by atoms with E-state index in [4.69, 9.17) is 5.84 Å². The highest BCUT2D eigenvalue weighted by Gasteiger charge is 2.13. The summed E-state index contributed by atoms with van der Waals surface area (Å²) in [4.78, 5) is 16.0. The van der Waals surface area contributed by atoms with Crippen LogP contribution in [0.25, 0.3) is 0 Å². The van der Waals surface area contributed by atoms with Gasteiger partial charge in [0.25, 0.3) is 5.91 Å². The summed E-state index contributed by atoms with van der Waals surface area (Å²) in [5, 5.41) is 6.53. The van der Waals surface area contributed by atoms with E-state index < -0.39 is 0 Å². The Morgan fingerprint density at radius 2 is 2.22 bits per heavy atom. The second kappa shape index (κ2) is 4.84. The maximum atomic E-state index is 12.1. The van der Waals surface area contributed by atoms with Crippen LogP contribution in [0.3, 0.4) is 0 Å². The minimum Gasteiger partial charge on any atom is -0.323 e. The molecule has 1 amide bonds. The van der Waals surface area contributed by atoms with Gasteiger partial charge >= 0.3 is 0 Å². The van der Waals surface area contributed by atoms with Crippen LogP contribution in [0, 0.1) is 6.92 Å². The Labute approximate surface area is 104 Å². The number of carbonyl (C=O) groups is 1. The van der Waals surface area contributed by atoms with Crippen LogP contribution in [0.15, 0.2) is 24.5 Å². The Hall–Kier alpha value is -2.41. The molecule has 94 valence electrons.